The molecule has 2 rings (SSSR count). The lowest BCUT2D eigenvalue weighted by Gasteiger charge is -2.20. The zero-order valence-corrected chi connectivity index (χ0v) is 12.0. The van der Waals surface area contributed by atoms with Gasteiger partial charge in [-0.3, -0.25) is 4.79 Å². The van der Waals surface area contributed by atoms with Crippen LogP contribution >= 0.6 is 15.9 Å². The van der Waals surface area contributed by atoms with Gasteiger partial charge in [0.05, 0.1) is 6.04 Å². The molecule has 1 amide bonds. The first-order valence-corrected chi connectivity index (χ1v) is 7.35. The van der Waals surface area contributed by atoms with Crippen molar-refractivity contribution in [2.24, 2.45) is 0 Å². The van der Waals surface area contributed by atoms with Crippen LogP contribution in [0.15, 0.2) is 28.7 Å². The third-order valence-corrected chi connectivity index (χ3v) is 3.71. The van der Waals surface area contributed by atoms with Gasteiger partial charge >= 0.3 is 0 Å². The molecule has 0 spiro atoms. The van der Waals surface area contributed by atoms with Crippen molar-refractivity contribution >= 4 is 27.5 Å². The van der Waals surface area contributed by atoms with Gasteiger partial charge in [-0.2, -0.15) is 0 Å². The average molecular weight is 311 g/mol. The lowest BCUT2D eigenvalue weighted by atomic mass is 10.0. The van der Waals surface area contributed by atoms with Gasteiger partial charge < -0.3 is 10.6 Å². The molecule has 1 saturated heterocycles. The Bertz CT molecular complexity index is 401. The van der Waals surface area contributed by atoms with Gasteiger partial charge in [-0.05, 0) is 37.6 Å². The lowest BCUT2D eigenvalue weighted by molar-refractivity contribution is -0.118. The van der Waals surface area contributed by atoms with E-state index in [9.17, 15) is 4.79 Å². The molecule has 0 aromatic heterocycles. The van der Waals surface area contributed by atoms with Crippen LogP contribution in [0.1, 0.15) is 32.1 Å². The van der Waals surface area contributed by atoms with E-state index >= 15 is 0 Å². The first-order chi connectivity index (χ1) is 8.75. The van der Waals surface area contributed by atoms with Crippen molar-refractivity contribution in [3.8, 4) is 0 Å². The van der Waals surface area contributed by atoms with Gasteiger partial charge in [-0.15, -0.1) is 0 Å². The van der Waals surface area contributed by atoms with E-state index in [0.717, 1.165) is 29.5 Å². The van der Waals surface area contributed by atoms with Crippen LogP contribution in [0.5, 0.6) is 0 Å². The van der Waals surface area contributed by atoms with Crippen LogP contribution in [-0.2, 0) is 4.79 Å². The second-order valence-electron chi connectivity index (χ2n) is 4.71. The maximum Gasteiger partial charge on any atom is 0.241 e. The molecule has 18 heavy (non-hydrogen) atoms. The van der Waals surface area contributed by atoms with E-state index in [0.29, 0.717) is 0 Å². The van der Waals surface area contributed by atoms with Gasteiger partial charge in [0, 0.05) is 10.2 Å². The van der Waals surface area contributed by atoms with Gasteiger partial charge in [0.2, 0.25) is 5.91 Å². The summed E-state index contributed by atoms with van der Waals surface area (Å²) in [6, 6.07) is 7.64. The van der Waals surface area contributed by atoms with Crippen molar-refractivity contribution in [2.45, 2.75) is 38.1 Å². The molecule has 1 aliphatic heterocycles. The molecular weight excluding hydrogens is 292 g/mol. The molecule has 4 heteroatoms. The van der Waals surface area contributed by atoms with E-state index in [-0.39, 0.29) is 11.9 Å². The smallest absolute Gasteiger partial charge is 0.241 e. The van der Waals surface area contributed by atoms with Crippen LogP contribution in [0.2, 0.25) is 0 Å². The Balaban J connectivity index is 1.93. The van der Waals surface area contributed by atoms with Crippen molar-refractivity contribution in [2.75, 3.05) is 11.9 Å². The van der Waals surface area contributed by atoms with Gasteiger partial charge in [-0.25, -0.2) is 0 Å². The quantitative estimate of drug-likeness (QED) is 0.880. The molecule has 1 unspecified atom stereocenters. The molecule has 3 nitrogen and oxygen atoms in total. The number of rotatable bonds is 2. The van der Waals surface area contributed by atoms with Crippen molar-refractivity contribution in [1.82, 2.24) is 5.32 Å². The molecule has 0 aliphatic carbocycles. The Morgan fingerprint density at radius 3 is 2.94 bits per heavy atom. The highest BCUT2D eigenvalue weighted by Crippen LogP contribution is 2.17. The third kappa shape index (κ3) is 4.10. The van der Waals surface area contributed by atoms with E-state index in [1.165, 1.54) is 19.3 Å². The lowest BCUT2D eigenvalue weighted by Crippen LogP contribution is -2.41. The van der Waals surface area contributed by atoms with Crippen molar-refractivity contribution in [3.05, 3.63) is 28.7 Å². The van der Waals surface area contributed by atoms with Gasteiger partial charge in [0.25, 0.3) is 0 Å². The number of halogens is 1. The Morgan fingerprint density at radius 2 is 2.11 bits per heavy atom. The minimum atomic E-state index is -0.0516. The Kier molecular flexibility index (Phi) is 5.20. The second-order valence-corrected chi connectivity index (χ2v) is 5.62. The van der Waals surface area contributed by atoms with Crippen molar-refractivity contribution in [3.63, 3.8) is 0 Å². The molecule has 98 valence electrons. The van der Waals surface area contributed by atoms with Gasteiger partial charge in [0.1, 0.15) is 0 Å². The van der Waals surface area contributed by atoms with Crippen LogP contribution in [0.25, 0.3) is 0 Å². The minimum Gasteiger partial charge on any atom is -0.325 e. The molecule has 1 aromatic carbocycles. The first kappa shape index (κ1) is 13.6. The zero-order chi connectivity index (χ0) is 12.8. The maximum atomic E-state index is 12.2. The number of hydrogen-bond acceptors (Lipinski definition) is 2. The molecular formula is C14H19BrN2O. The molecule has 2 N–H and O–H groups in total. The predicted octanol–water partition coefficient (Wildman–Crippen LogP) is 3.31. The molecule has 1 heterocycles. The Morgan fingerprint density at radius 1 is 1.28 bits per heavy atom. The SMILES string of the molecule is O=C(Nc1cccc(Br)c1)C1CCCCCCN1. The van der Waals surface area contributed by atoms with Crippen LogP contribution in [0, 0.1) is 0 Å². The number of amides is 1. The van der Waals surface area contributed by atoms with Crippen LogP contribution in [0.4, 0.5) is 5.69 Å². The normalized spacial score (nSPS) is 20.8. The third-order valence-electron chi connectivity index (χ3n) is 3.22. The summed E-state index contributed by atoms with van der Waals surface area (Å²) < 4.78 is 0.978. The molecule has 0 radical (unpaired) electrons. The fourth-order valence-corrected chi connectivity index (χ4v) is 2.62. The topological polar surface area (TPSA) is 41.1 Å². The maximum absolute atomic E-state index is 12.2. The highest BCUT2D eigenvalue weighted by molar-refractivity contribution is 9.10. The summed E-state index contributed by atoms with van der Waals surface area (Å²) in [6.45, 7) is 0.941. The second kappa shape index (κ2) is 6.90. The summed E-state index contributed by atoms with van der Waals surface area (Å²) in [5.74, 6) is 0.0787. The van der Waals surface area contributed by atoms with E-state index in [2.05, 4.69) is 26.6 Å². The summed E-state index contributed by atoms with van der Waals surface area (Å²) in [5.41, 5.74) is 0.846. The number of carbonyl (C=O) groups excluding carboxylic acids is 1. The number of nitrogens with one attached hydrogen (secondary N) is 2. The number of hydrogen-bond donors (Lipinski definition) is 2. The average Bonchev–Trinajstić information content (AvgIpc) is 2.28. The number of benzene rings is 1. The minimum absolute atomic E-state index is 0.0516. The Labute approximate surface area is 116 Å². The monoisotopic (exact) mass is 310 g/mol. The zero-order valence-electron chi connectivity index (χ0n) is 10.4. The van der Waals surface area contributed by atoms with E-state index < -0.39 is 0 Å². The van der Waals surface area contributed by atoms with Crippen LogP contribution < -0.4 is 10.6 Å². The highest BCUT2D eigenvalue weighted by Gasteiger charge is 2.18. The van der Waals surface area contributed by atoms with Gasteiger partial charge in [-0.1, -0.05) is 41.3 Å². The summed E-state index contributed by atoms with van der Waals surface area (Å²) in [5, 5.41) is 6.30. The summed E-state index contributed by atoms with van der Waals surface area (Å²) in [6.07, 6.45) is 5.74. The van der Waals surface area contributed by atoms with E-state index in [4.69, 9.17) is 0 Å². The van der Waals surface area contributed by atoms with E-state index in [1.54, 1.807) is 0 Å². The standard InChI is InChI=1S/C14H19BrN2O/c15-11-6-5-7-12(10-11)17-14(18)13-8-3-1-2-4-9-16-13/h5-7,10,13,16H,1-4,8-9H2,(H,17,18). The first-order valence-electron chi connectivity index (χ1n) is 6.55. The van der Waals surface area contributed by atoms with E-state index in [1.807, 2.05) is 24.3 Å². The summed E-state index contributed by atoms with van der Waals surface area (Å²) >= 11 is 3.40. The van der Waals surface area contributed by atoms with Gasteiger partial charge in [0.15, 0.2) is 0 Å². The van der Waals surface area contributed by atoms with Crippen LogP contribution in [-0.4, -0.2) is 18.5 Å². The molecule has 0 bridgehead atoms. The molecule has 0 saturated carbocycles. The fourth-order valence-electron chi connectivity index (χ4n) is 2.22. The summed E-state index contributed by atoms with van der Waals surface area (Å²) in [4.78, 5) is 12.2. The number of carbonyl (C=O) groups is 1. The largest absolute Gasteiger partial charge is 0.325 e. The molecule has 1 aliphatic rings. The molecule has 1 atom stereocenters. The number of anilines is 1. The molecule has 1 aromatic rings. The van der Waals surface area contributed by atoms with Crippen molar-refractivity contribution < 1.29 is 4.79 Å². The Hall–Kier alpha value is -0.870. The summed E-state index contributed by atoms with van der Waals surface area (Å²) in [7, 11) is 0. The molecule has 1 fully saturated rings. The van der Waals surface area contributed by atoms with Crippen LogP contribution in [0.3, 0.4) is 0 Å². The predicted molar refractivity (Wildman–Crippen MR) is 77.6 cm³/mol. The highest BCUT2D eigenvalue weighted by atomic mass is 79.9. The van der Waals surface area contributed by atoms with Crippen molar-refractivity contribution in [1.29, 1.82) is 0 Å². The fraction of sp³-hybridized carbons (Fsp3) is 0.500.